The number of anilines is 2. The molecule has 36 heavy (non-hydrogen) atoms. The summed E-state index contributed by atoms with van der Waals surface area (Å²) in [5, 5.41) is 1.99. The molecule has 1 fully saturated rings. The van der Waals surface area contributed by atoms with Crippen molar-refractivity contribution in [2.75, 3.05) is 29.3 Å². The zero-order valence-electron chi connectivity index (χ0n) is 19.5. The van der Waals surface area contributed by atoms with Gasteiger partial charge in [-0.2, -0.15) is 4.37 Å². The lowest BCUT2D eigenvalue weighted by Gasteiger charge is -2.41. The molecule has 1 N–H and O–H groups in total. The van der Waals surface area contributed by atoms with Crippen LogP contribution in [0.2, 0.25) is 5.02 Å². The van der Waals surface area contributed by atoms with Gasteiger partial charge in [-0.15, -0.1) is 0 Å². The van der Waals surface area contributed by atoms with E-state index in [1.165, 1.54) is 6.33 Å². The molecule has 0 saturated carbocycles. The van der Waals surface area contributed by atoms with Crippen LogP contribution in [0.3, 0.4) is 0 Å². The maximum Gasteiger partial charge on any atom is 0.263 e. The van der Waals surface area contributed by atoms with Gasteiger partial charge in [0.1, 0.15) is 6.33 Å². The second-order valence-corrected chi connectivity index (χ2v) is 11.6. The van der Waals surface area contributed by atoms with E-state index in [2.05, 4.69) is 23.5 Å². The zero-order valence-corrected chi connectivity index (χ0v) is 21.9. The second kappa shape index (κ2) is 10.1. The first-order chi connectivity index (χ1) is 17.3. The molecular formula is C24H25ClN6O3S2. The Kier molecular flexibility index (Phi) is 6.87. The average Bonchev–Trinajstić information content (AvgIpc) is 3.51. The van der Waals surface area contributed by atoms with Crippen LogP contribution >= 0.6 is 23.1 Å². The smallest absolute Gasteiger partial charge is 0.263 e. The number of halogens is 1. The maximum absolute atomic E-state index is 13.0. The first-order valence-corrected chi connectivity index (χ1v) is 14.1. The van der Waals surface area contributed by atoms with Gasteiger partial charge in [0.25, 0.3) is 10.0 Å². The van der Waals surface area contributed by atoms with Crippen molar-refractivity contribution in [2.45, 2.75) is 30.8 Å². The van der Waals surface area contributed by atoms with Crippen LogP contribution in [0.15, 0.2) is 66.0 Å². The lowest BCUT2D eigenvalue weighted by Crippen LogP contribution is -2.54. The number of carbonyl (C=O) groups is 1. The van der Waals surface area contributed by atoms with Crippen molar-refractivity contribution < 1.29 is 13.2 Å². The fourth-order valence-corrected chi connectivity index (χ4v) is 6.36. The molecule has 0 aliphatic carbocycles. The summed E-state index contributed by atoms with van der Waals surface area (Å²) in [5.74, 6) is 0.127. The van der Waals surface area contributed by atoms with Crippen LogP contribution < -0.4 is 9.62 Å². The highest BCUT2D eigenvalue weighted by Gasteiger charge is 2.27. The van der Waals surface area contributed by atoms with Crippen molar-refractivity contribution in [2.24, 2.45) is 0 Å². The van der Waals surface area contributed by atoms with E-state index in [1.54, 1.807) is 24.3 Å². The van der Waals surface area contributed by atoms with Crippen LogP contribution in [0.1, 0.15) is 13.3 Å². The zero-order chi connectivity index (χ0) is 25.3. The molecule has 9 nitrogen and oxygen atoms in total. The van der Waals surface area contributed by atoms with E-state index < -0.39 is 10.0 Å². The van der Waals surface area contributed by atoms with Crippen LogP contribution in [0.25, 0.3) is 10.9 Å². The number of aryl methyl sites for hydroxylation is 1. The van der Waals surface area contributed by atoms with Gasteiger partial charge < -0.3 is 14.4 Å². The first-order valence-electron chi connectivity index (χ1n) is 11.5. The fraction of sp³-hybridized carbons (Fsp3) is 0.292. The predicted molar refractivity (Wildman–Crippen MR) is 142 cm³/mol. The van der Waals surface area contributed by atoms with Crippen molar-refractivity contribution in [1.29, 1.82) is 0 Å². The molecule has 2 aromatic carbocycles. The van der Waals surface area contributed by atoms with Crippen LogP contribution in [-0.4, -0.2) is 58.8 Å². The van der Waals surface area contributed by atoms with Gasteiger partial charge in [-0.1, -0.05) is 11.6 Å². The molecule has 1 aliphatic rings. The normalized spacial score (nSPS) is 16.4. The van der Waals surface area contributed by atoms with Gasteiger partial charge in [0, 0.05) is 78.0 Å². The Bertz CT molecular complexity index is 1470. The number of benzene rings is 2. The molecule has 1 atom stereocenters. The van der Waals surface area contributed by atoms with E-state index >= 15 is 0 Å². The molecule has 0 bridgehead atoms. The molecule has 1 saturated heterocycles. The van der Waals surface area contributed by atoms with E-state index in [1.807, 2.05) is 42.3 Å². The van der Waals surface area contributed by atoms with E-state index in [0.29, 0.717) is 37.6 Å². The summed E-state index contributed by atoms with van der Waals surface area (Å²) >= 11 is 7.05. The van der Waals surface area contributed by atoms with Crippen LogP contribution in [0.5, 0.6) is 0 Å². The van der Waals surface area contributed by atoms with Gasteiger partial charge in [-0.25, -0.2) is 13.4 Å². The Balaban J connectivity index is 1.18. The summed E-state index contributed by atoms with van der Waals surface area (Å²) in [6.07, 6.45) is 3.71. The quantitative estimate of drug-likeness (QED) is 0.376. The summed E-state index contributed by atoms with van der Waals surface area (Å²) in [5.41, 5.74) is 1.98. The lowest BCUT2D eigenvalue weighted by atomic mass is 10.1. The molecule has 1 amide bonds. The molecule has 12 heteroatoms. The van der Waals surface area contributed by atoms with Gasteiger partial charge in [0.05, 0.1) is 4.90 Å². The SMILES string of the molecule is CC1CN(c2ccc(S(=O)(=O)Nc3ncns3)cc2)CCN1C(=O)CCn1ccc2cc(Cl)ccc21. The summed E-state index contributed by atoms with van der Waals surface area (Å²) in [7, 11) is -3.72. The van der Waals surface area contributed by atoms with E-state index in [4.69, 9.17) is 11.6 Å². The summed E-state index contributed by atoms with van der Waals surface area (Å²) < 4.78 is 33.4. The third kappa shape index (κ3) is 5.18. The number of nitrogens with zero attached hydrogens (tertiary/aromatic N) is 5. The van der Waals surface area contributed by atoms with Gasteiger partial charge in [0.2, 0.25) is 11.0 Å². The van der Waals surface area contributed by atoms with Crippen molar-refractivity contribution in [1.82, 2.24) is 18.8 Å². The predicted octanol–water partition coefficient (Wildman–Crippen LogP) is 4.07. The molecule has 0 spiro atoms. The molecule has 4 aromatic rings. The Labute approximate surface area is 218 Å². The Morgan fingerprint density at radius 3 is 2.69 bits per heavy atom. The molecule has 1 aliphatic heterocycles. The molecule has 2 aromatic heterocycles. The van der Waals surface area contributed by atoms with E-state index in [9.17, 15) is 13.2 Å². The van der Waals surface area contributed by atoms with Gasteiger partial charge in [0.15, 0.2) is 0 Å². The van der Waals surface area contributed by atoms with Crippen molar-refractivity contribution in [3.63, 3.8) is 0 Å². The monoisotopic (exact) mass is 544 g/mol. The van der Waals surface area contributed by atoms with Gasteiger partial charge in [-0.05, 0) is 55.5 Å². The minimum atomic E-state index is -3.72. The highest BCUT2D eigenvalue weighted by atomic mass is 35.5. The summed E-state index contributed by atoms with van der Waals surface area (Å²) in [4.78, 5) is 21.1. The Morgan fingerprint density at radius 2 is 1.97 bits per heavy atom. The van der Waals surface area contributed by atoms with E-state index in [0.717, 1.165) is 28.1 Å². The molecule has 3 heterocycles. The summed E-state index contributed by atoms with van der Waals surface area (Å²) in [6, 6.07) is 14.6. The molecule has 5 rings (SSSR count). The van der Waals surface area contributed by atoms with E-state index in [-0.39, 0.29) is 22.0 Å². The summed E-state index contributed by atoms with van der Waals surface area (Å²) in [6.45, 7) is 4.61. The minimum absolute atomic E-state index is 0.0361. The van der Waals surface area contributed by atoms with Crippen molar-refractivity contribution >= 4 is 60.8 Å². The number of piperazine rings is 1. The van der Waals surface area contributed by atoms with Crippen LogP contribution in [-0.2, 0) is 21.4 Å². The highest BCUT2D eigenvalue weighted by Crippen LogP contribution is 2.24. The second-order valence-electron chi connectivity index (χ2n) is 8.69. The lowest BCUT2D eigenvalue weighted by molar-refractivity contribution is -0.133. The number of aromatic nitrogens is 3. The number of hydrogen-bond acceptors (Lipinski definition) is 7. The number of fused-ring (bicyclic) bond motifs is 1. The highest BCUT2D eigenvalue weighted by molar-refractivity contribution is 7.93. The number of carbonyl (C=O) groups excluding carboxylic acids is 1. The first kappa shape index (κ1) is 24.5. The van der Waals surface area contributed by atoms with Gasteiger partial charge >= 0.3 is 0 Å². The molecule has 188 valence electrons. The third-order valence-electron chi connectivity index (χ3n) is 6.34. The number of rotatable bonds is 7. The maximum atomic E-state index is 13.0. The number of amides is 1. The Hall–Kier alpha value is -3.15. The topological polar surface area (TPSA) is 100 Å². The Morgan fingerprint density at radius 1 is 1.17 bits per heavy atom. The minimum Gasteiger partial charge on any atom is -0.368 e. The number of hydrogen-bond donors (Lipinski definition) is 1. The average molecular weight is 545 g/mol. The van der Waals surface area contributed by atoms with Crippen molar-refractivity contribution in [3.8, 4) is 0 Å². The van der Waals surface area contributed by atoms with Crippen LogP contribution in [0, 0.1) is 0 Å². The third-order valence-corrected chi connectivity index (χ3v) is 8.64. The van der Waals surface area contributed by atoms with Crippen LogP contribution in [0.4, 0.5) is 10.8 Å². The fourth-order valence-electron chi connectivity index (χ4n) is 4.52. The standard InChI is InChI=1S/C24H25ClN6O3S2/c1-17-15-30(20-3-5-21(6-4-20)36(33,34)28-24-26-16-27-35-24)12-13-31(17)23(32)9-11-29-10-8-18-14-19(25)2-7-22(18)29/h2-8,10,14,16-17H,9,11-13,15H2,1H3,(H,26,27,28). The molecule has 0 radical (unpaired) electrons. The molecular weight excluding hydrogens is 520 g/mol. The largest absolute Gasteiger partial charge is 0.368 e. The molecule has 1 unspecified atom stereocenters. The van der Waals surface area contributed by atoms with Crippen molar-refractivity contribution in [3.05, 3.63) is 66.1 Å². The number of nitrogens with one attached hydrogen (secondary N) is 1. The van der Waals surface area contributed by atoms with Gasteiger partial charge in [-0.3, -0.25) is 9.52 Å². The number of sulfonamides is 1.